The van der Waals surface area contributed by atoms with Crippen LogP contribution in [0.15, 0.2) is 17.2 Å². The Bertz CT molecular complexity index is 382. The maximum atomic E-state index is 10.8. The smallest absolute Gasteiger partial charge is 0.240 e. The van der Waals surface area contributed by atoms with Crippen molar-refractivity contribution in [2.24, 2.45) is 0 Å². The Morgan fingerprint density at radius 3 is 2.42 bits per heavy atom. The molecular formula is C6H5Cl2NO2S. The maximum absolute atomic E-state index is 10.8. The van der Waals surface area contributed by atoms with Crippen LogP contribution in [0.4, 0.5) is 0 Å². The number of nitrogens with zero attached hydrogens (tertiary/aromatic N) is 1. The SMILES string of the molecule is Cc1cc(Cl)cc(S(=O)(=O)Cl)n1. The first-order chi connectivity index (χ1) is 5.39. The van der Waals surface area contributed by atoms with E-state index in [1.165, 1.54) is 6.07 Å². The van der Waals surface area contributed by atoms with Crippen LogP contribution in [0.1, 0.15) is 5.69 Å². The summed E-state index contributed by atoms with van der Waals surface area (Å²) < 4.78 is 21.6. The monoisotopic (exact) mass is 225 g/mol. The van der Waals surface area contributed by atoms with Crippen LogP contribution in [-0.2, 0) is 9.05 Å². The van der Waals surface area contributed by atoms with Crippen LogP contribution in [0.5, 0.6) is 0 Å². The van der Waals surface area contributed by atoms with Crippen LogP contribution in [0.2, 0.25) is 5.02 Å². The van der Waals surface area contributed by atoms with Crippen molar-refractivity contribution < 1.29 is 8.42 Å². The van der Waals surface area contributed by atoms with Crippen molar-refractivity contribution in [2.45, 2.75) is 11.9 Å². The summed E-state index contributed by atoms with van der Waals surface area (Å²) >= 11 is 5.59. The molecule has 0 saturated carbocycles. The third kappa shape index (κ3) is 2.33. The lowest BCUT2D eigenvalue weighted by atomic mass is 10.4. The van der Waals surface area contributed by atoms with E-state index in [2.05, 4.69) is 4.98 Å². The second kappa shape index (κ2) is 3.20. The zero-order valence-corrected chi connectivity index (χ0v) is 8.41. The van der Waals surface area contributed by atoms with Crippen molar-refractivity contribution in [1.82, 2.24) is 4.98 Å². The lowest BCUT2D eigenvalue weighted by Crippen LogP contribution is -1.96. The van der Waals surface area contributed by atoms with E-state index in [4.69, 9.17) is 22.3 Å². The Balaban J connectivity index is 3.37. The lowest BCUT2D eigenvalue weighted by Gasteiger charge is -1.97. The normalized spacial score (nSPS) is 11.6. The second-order valence-corrected chi connectivity index (χ2v) is 5.15. The lowest BCUT2D eigenvalue weighted by molar-refractivity contribution is 0.606. The summed E-state index contributed by atoms with van der Waals surface area (Å²) in [5, 5.41) is 0.0934. The molecule has 0 atom stereocenters. The standard InChI is InChI=1S/C6H5Cl2NO2S/c1-4-2-5(7)3-6(9-4)12(8,10)11/h2-3H,1H3. The summed E-state index contributed by atoms with van der Waals surface area (Å²) in [6.07, 6.45) is 0. The molecule has 6 heteroatoms. The molecule has 1 aromatic rings. The maximum Gasteiger partial charge on any atom is 0.278 e. The molecule has 0 N–H and O–H groups in total. The molecular weight excluding hydrogens is 221 g/mol. The fourth-order valence-electron chi connectivity index (χ4n) is 0.722. The fraction of sp³-hybridized carbons (Fsp3) is 0.167. The fourth-order valence-corrected chi connectivity index (χ4v) is 1.81. The van der Waals surface area contributed by atoms with E-state index in [1.54, 1.807) is 13.0 Å². The quantitative estimate of drug-likeness (QED) is 0.687. The average Bonchev–Trinajstić information content (AvgIpc) is 1.82. The van der Waals surface area contributed by atoms with Crippen LogP contribution in [-0.4, -0.2) is 13.4 Å². The molecule has 0 fully saturated rings. The first kappa shape index (κ1) is 9.77. The topological polar surface area (TPSA) is 47.0 Å². The van der Waals surface area contributed by atoms with Crippen molar-refractivity contribution in [2.75, 3.05) is 0 Å². The third-order valence-electron chi connectivity index (χ3n) is 1.14. The van der Waals surface area contributed by atoms with Gasteiger partial charge in [0.25, 0.3) is 9.05 Å². The first-order valence-electron chi connectivity index (χ1n) is 2.98. The zero-order valence-electron chi connectivity index (χ0n) is 6.08. The van der Waals surface area contributed by atoms with E-state index in [-0.39, 0.29) is 5.03 Å². The van der Waals surface area contributed by atoms with Gasteiger partial charge < -0.3 is 0 Å². The summed E-state index contributed by atoms with van der Waals surface area (Å²) in [7, 11) is 1.28. The Kier molecular flexibility index (Phi) is 2.61. The summed E-state index contributed by atoms with van der Waals surface area (Å²) in [5.74, 6) is 0. The van der Waals surface area contributed by atoms with Gasteiger partial charge in [-0.05, 0) is 19.1 Å². The van der Waals surface area contributed by atoms with Gasteiger partial charge in [0.2, 0.25) is 0 Å². The van der Waals surface area contributed by atoms with Crippen LogP contribution in [0.25, 0.3) is 0 Å². The highest BCUT2D eigenvalue weighted by molar-refractivity contribution is 8.13. The van der Waals surface area contributed by atoms with Gasteiger partial charge in [0.05, 0.1) is 0 Å². The van der Waals surface area contributed by atoms with Gasteiger partial charge in [0.15, 0.2) is 5.03 Å². The summed E-state index contributed by atoms with van der Waals surface area (Å²) in [6.45, 7) is 1.64. The average molecular weight is 226 g/mol. The van der Waals surface area contributed by atoms with E-state index >= 15 is 0 Å². The number of rotatable bonds is 1. The highest BCUT2D eigenvalue weighted by atomic mass is 35.7. The zero-order chi connectivity index (χ0) is 9.35. The molecule has 0 bridgehead atoms. The molecule has 0 saturated heterocycles. The van der Waals surface area contributed by atoms with Gasteiger partial charge in [-0.25, -0.2) is 13.4 Å². The third-order valence-corrected chi connectivity index (χ3v) is 2.55. The summed E-state index contributed by atoms with van der Waals surface area (Å²) in [5.41, 5.74) is 0.515. The number of hydrogen-bond acceptors (Lipinski definition) is 3. The Labute approximate surface area is 79.8 Å². The van der Waals surface area contributed by atoms with Gasteiger partial charge in [0, 0.05) is 21.4 Å². The number of aryl methyl sites for hydroxylation is 1. The summed E-state index contributed by atoms with van der Waals surface area (Å²) in [6, 6.07) is 2.75. The molecule has 1 aromatic heterocycles. The molecule has 3 nitrogen and oxygen atoms in total. The largest absolute Gasteiger partial charge is 0.278 e. The molecule has 0 unspecified atom stereocenters. The molecule has 0 spiro atoms. The van der Waals surface area contributed by atoms with Gasteiger partial charge in [-0.3, -0.25) is 0 Å². The molecule has 66 valence electrons. The Morgan fingerprint density at radius 1 is 1.42 bits per heavy atom. The highest BCUT2D eigenvalue weighted by Crippen LogP contribution is 2.17. The molecule has 0 radical (unpaired) electrons. The second-order valence-electron chi connectivity index (χ2n) is 2.20. The van der Waals surface area contributed by atoms with Crippen molar-refractivity contribution in [3.8, 4) is 0 Å². The molecule has 0 aliphatic carbocycles. The van der Waals surface area contributed by atoms with Crippen molar-refractivity contribution >= 4 is 31.3 Å². The van der Waals surface area contributed by atoms with Crippen LogP contribution in [0, 0.1) is 6.92 Å². The molecule has 0 amide bonds. The van der Waals surface area contributed by atoms with E-state index in [0.29, 0.717) is 10.7 Å². The molecule has 1 rings (SSSR count). The molecule has 12 heavy (non-hydrogen) atoms. The van der Waals surface area contributed by atoms with Crippen molar-refractivity contribution in [1.29, 1.82) is 0 Å². The van der Waals surface area contributed by atoms with Gasteiger partial charge in [-0.2, -0.15) is 0 Å². The van der Waals surface area contributed by atoms with E-state index in [1.807, 2.05) is 0 Å². The number of halogens is 2. The Hall–Kier alpha value is -0.320. The van der Waals surface area contributed by atoms with E-state index < -0.39 is 9.05 Å². The number of pyridine rings is 1. The van der Waals surface area contributed by atoms with Gasteiger partial charge >= 0.3 is 0 Å². The molecule has 0 aliphatic rings. The number of aromatic nitrogens is 1. The minimum atomic E-state index is -3.77. The highest BCUT2D eigenvalue weighted by Gasteiger charge is 2.12. The van der Waals surface area contributed by atoms with Gasteiger partial charge in [-0.15, -0.1) is 0 Å². The predicted octanol–water partition coefficient (Wildman–Crippen LogP) is 1.97. The first-order valence-corrected chi connectivity index (χ1v) is 5.67. The van der Waals surface area contributed by atoms with Gasteiger partial charge in [-0.1, -0.05) is 11.6 Å². The minimum absolute atomic E-state index is 0.214. The van der Waals surface area contributed by atoms with Crippen molar-refractivity contribution in [3.05, 3.63) is 22.8 Å². The molecule has 1 heterocycles. The predicted molar refractivity (Wildman–Crippen MR) is 47.0 cm³/mol. The van der Waals surface area contributed by atoms with E-state index in [0.717, 1.165) is 0 Å². The van der Waals surface area contributed by atoms with Crippen molar-refractivity contribution in [3.63, 3.8) is 0 Å². The van der Waals surface area contributed by atoms with Gasteiger partial charge in [0.1, 0.15) is 0 Å². The summed E-state index contributed by atoms with van der Waals surface area (Å²) in [4.78, 5) is 3.70. The van der Waals surface area contributed by atoms with Crippen LogP contribution in [0.3, 0.4) is 0 Å². The number of hydrogen-bond donors (Lipinski definition) is 0. The minimum Gasteiger partial charge on any atom is -0.240 e. The molecule has 0 aromatic carbocycles. The Morgan fingerprint density at radius 2 is 2.00 bits per heavy atom. The van der Waals surface area contributed by atoms with E-state index in [9.17, 15) is 8.42 Å². The van der Waals surface area contributed by atoms with Crippen LogP contribution >= 0.6 is 22.3 Å². The van der Waals surface area contributed by atoms with Crippen LogP contribution < -0.4 is 0 Å². The molecule has 0 aliphatic heterocycles.